The van der Waals surface area contributed by atoms with Gasteiger partial charge in [-0.3, -0.25) is 4.98 Å². The Morgan fingerprint density at radius 3 is 3.21 bits per heavy atom. The fourth-order valence-electron chi connectivity index (χ4n) is 1.27. The number of nitrogens with zero attached hydrogens (tertiary/aromatic N) is 4. The van der Waals surface area contributed by atoms with Crippen molar-refractivity contribution in [2.24, 2.45) is 5.10 Å². The number of pyridine rings is 1. The maximum absolute atomic E-state index is 4.22. The molecule has 0 amide bonds. The van der Waals surface area contributed by atoms with E-state index in [1.165, 1.54) is 11.8 Å². The van der Waals surface area contributed by atoms with Crippen LogP contribution in [0.3, 0.4) is 0 Å². The summed E-state index contributed by atoms with van der Waals surface area (Å²) in [5, 5.41) is 11.7. The van der Waals surface area contributed by atoms with Crippen LogP contribution in [-0.4, -0.2) is 31.6 Å². The van der Waals surface area contributed by atoms with E-state index in [4.69, 9.17) is 0 Å². The quantitative estimate of drug-likeness (QED) is 0.366. The molecule has 0 saturated heterocycles. The highest BCUT2D eigenvalue weighted by atomic mass is 32.2. The maximum atomic E-state index is 4.22. The molecule has 2 N–H and O–H groups in total. The summed E-state index contributed by atoms with van der Waals surface area (Å²) in [5.41, 5.74) is 4.41. The molecule has 2 heterocycles. The summed E-state index contributed by atoms with van der Waals surface area (Å²) in [6.07, 6.45) is 3.53. The summed E-state index contributed by atoms with van der Waals surface area (Å²) in [6, 6.07) is 5.68. The van der Waals surface area contributed by atoms with Gasteiger partial charge in [0.2, 0.25) is 11.1 Å². The first-order chi connectivity index (χ1) is 9.29. The number of rotatable bonds is 6. The van der Waals surface area contributed by atoms with Gasteiger partial charge in [0, 0.05) is 11.9 Å². The number of thioether (sulfide) groups is 1. The lowest BCUT2D eigenvalue weighted by Crippen LogP contribution is -2.02. The van der Waals surface area contributed by atoms with Gasteiger partial charge in [-0.2, -0.15) is 10.1 Å². The van der Waals surface area contributed by atoms with Crippen molar-refractivity contribution in [2.45, 2.75) is 12.1 Å². The standard InChI is InChI=1S/C12H14N6S/c1-3-8-19-12-14-11(17-18-12)16-15-9(2)10-6-4-5-7-13-10/h3-7H,1,8H2,2H3,(H2,14,16,17,18)/b15-9+. The van der Waals surface area contributed by atoms with Gasteiger partial charge in [-0.05, 0) is 19.1 Å². The Hall–Kier alpha value is -2.15. The second-order valence-electron chi connectivity index (χ2n) is 3.59. The summed E-state index contributed by atoms with van der Waals surface area (Å²) in [7, 11) is 0. The first kappa shape index (κ1) is 13.3. The molecule has 2 rings (SSSR count). The van der Waals surface area contributed by atoms with Crippen molar-refractivity contribution < 1.29 is 0 Å². The fourth-order valence-corrected chi connectivity index (χ4v) is 1.80. The maximum Gasteiger partial charge on any atom is 0.240 e. The molecular formula is C12H14N6S. The Kier molecular flexibility index (Phi) is 4.68. The number of hydrazone groups is 1. The van der Waals surface area contributed by atoms with Gasteiger partial charge in [0.1, 0.15) is 0 Å². The van der Waals surface area contributed by atoms with E-state index in [-0.39, 0.29) is 0 Å². The lowest BCUT2D eigenvalue weighted by molar-refractivity contribution is 0.974. The van der Waals surface area contributed by atoms with Crippen LogP contribution in [0.15, 0.2) is 47.3 Å². The first-order valence-corrected chi connectivity index (χ1v) is 6.66. The van der Waals surface area contributed by atoms with Crippen LogP contribution < -0.4 is 5.43 Å². The highest BCUT2D eigenvalue weighted by Crippen LogP contribution is 2.13. The third-order valence-electron chi connectivity index (χ3n) is 2.16. The van der Waals surface area contributed by atoms with Gasteiger partial charge >= 0.3 is 0 Å². The zero-order chi connectivity index (χ0) is 13.5. The fraction of sp³-hybridized carbons (Fsp3) is 0.167. The van der Waals surface area contributed by atoms with Crippen molar-refractivity contribution in [2.75, 3.05) is 11.2 Å². The third kappa shape index (κ3) is 3.92. The van der Waals surface area contributed by atoms with E-state index in [1.807, 2.05) is 25.1 Å². The molecule has 6 nitrogen and oxygen atoms in total. The largest absolute Gasteiger partial charge is 0.255 e. The topological polar surface area (TPSA) is 78.9 Å². The van der Waals surface area contributed by atoms with Crippen LogP contribution in [0.2, 0.25) is 0 Å². The number of hydrogen-bond donors (Lipinski definition) is 2. The summed E-state index contributed by atoms with van der Waals surface area (Å²) < 4.78 is 0. The van der Waals surface area contributed by atoms with Crippen LogP contribution in [0.4, 0.5) is 5.95 Å². The number of H-pyrrole nitrogens is 1. The molecule has 0 atom stereocenters. The molecule has 0 saturated carbocycles. The molecule has 2 aromatic heterocycles. The monoisotopic (exact) mass is 274 g/mol. The number of aromatic amines is 1. The minimum Gasteiger partial charge on any atom is -0.255 e. The van der Waals surface area contributed by atoms with Gasteiger partial charge in [-0.15, -0.1) is 11.7 Å². The Balaban J connectivity index is 1.98. The van der Waals surface area contributed by atoms with Crippen LogP contribution in [-0.2, 0) is 0 Å². The van der Waals surface area contributed by atoms with Crippen LogP contribution in [0.25, 0.3) is 0 Å². The molecule has 0 spiro atoms. The highest BCUT2D eigenvalue weighted by Gasteiger charge is 2.02. The lowest BCUT2D eigenvalue weighted by Gasteiger charge is -1.99. The van der Waals surface area contributed by atoms with Crippen molar-refractivity contribution in [1.29, 1.82) is 0 Å². The predicted octanol–water partition coefficient (Wildman–Crippen LogP) is 2.31. The number of nitrogens with one attached hydrogen (secondary N) is 2. The van der Waals surface area contributed by atoms with E-state index < -0.39 is 0 Å². The van der Waals surface area contributed by atoms with E-state index in [0.717, 1.165) is 17.2 Å². The second kappa shape index (κ2) is 6.69. The molecule has 19 heavy (non-hydrogen) atoms. The minimum atomic E-state index is 0.502. The molecule has 0 aromatic carbocycles. The summed E-state index contributed by atoms with van der Waals surface area (Å²) in [5.74, 6) is 1.27. The van der Waals surface area contributed by atoms with Gasteiger partial charge in [0.15, 0.2) is 0 Å². The molecule has 0 bridgehead atoms. The molecule has 2 aromatic rings. The van der Waals surface area contributed by atoms with Crippen molar-refractivity contribution in [3.05, 3.63) is 42.7 Å². The van der Waals surface area contributed by atoms with Crippen molar-refractivity contribution in [3.63, 3.8) is 0 Å². The molecular weight excluding hydrogens is 260 g/mol. The lowest BCUT2D eigenvalue weighted by atomic mass is 10.3. The van der Waals surface area contributed by atoms with E-state index >= 15 is 0 Å². The van der Waals surface area contributed by atoms with Crippen molar-refractivity contribution in [1.82, 2.24) is 20.2 Å². The van der Waals surface area contributed by atoms with Crippen LogP contribution in [0.1, 0.15) is 12.6 Å². The Labute approximate surface area is 115 Å². The molecule has 0 unspecified atom stereocenters. The molecule has 0 aliphatic rings. The van der Waals surface area contributed by atoms with Crippen molar-refractivity contribution in [3.8, 4) is 0 Å². The average Bonchev–Trinajstić information content (AvgIpc) is 2.91. The van der Waals surface area contributed by atoms with E-state index in [0.29, 0.717) is 11.1 Å². The first-order valence-electron chi connectivity index (χ1n) is 5.67. The number of hydrogen-bond acceptors (Lipinski definition) is 6. The number of aromatic nitrogens is 4. The molecule has 0 aliphatic heterocycles. The Morgan fingerprint density at radius 1 is 1.58 bits per heavy atom. The normalized spacial score (nSPS) is 11.3. The number of anilines is 1. The molecule has 0 fully saturated rings. The summed E-state index contributed by atoms with van der Waals surface area (Å²) in [4.78, 5) is 8.43. The van der Waals surface area contributed by atoms with Gasteiger partial charge < -0.3 is 0 Å². The summed E-state index contributed by atoms with van der Waals surface area (Å²) in [6.45, 7) is 5.52. The molecule has 0 radical (unpaired) electrons. The smallest absolute Gasteiger partial charge is 0.240 e. The van der Waals surface area contributed by atoms with Gasteiger partial charge in [0.05, 0.1) is 11.4 Å². The Bertz CT molecular complexity index is 563. The van der Waals surface area contributed by atoms with Gasteiger partial charge in [0.25, 0.3) is 0 Å². The molecule has 98 valence electrons. The molecule has 7 heteroatoms. The van der Waals surface area contributed by atoms with E-state index in [9.17, 15) is 0 Å². The van der Waals surface area contributed by atoms with E-state index in [1.54, 1.807) is 12.3 Å². The summed E-state index contributed by atoms with van der Waals surface area (Å²) >= 11 is 1.50. The van der Waals surface area contributed by atoms with E-state index in [2.05, 4.69) is 37.3 Å². The average molecular weight is 274 g/mol. The zero-order valence-electron chi connectivity index (χ0n) is 10.5. The predicted molar refractivity (Wildman–Crippen MR) is 77.4 cm³/mol. The molecule has 0 aliphatic carbocycles. The second-order valence-corrected chi connectivity index (χ2v) is 4.58. The van der Waals surface area contributed by atoms with Gasteiger partial charge in [-0.1, -0.05) is 23.9 Å². The van der Waals surface area contributed by atoms with Crippen molar-refractivity contribution >= 4 is 23.4 Å². The van der Waals surface area contributed by atoms with Gasteiger partial charge in [-0.25, -0.2) is 10.5 Å². The minimum absolute atomic E-state index is 0.502. The zero-order valence-corrected chi connectivity index (χ0v) is 11.3. The van der Waals surface area contributed by atoms with Crippen LogP contribution in [0.5, 0.6) is 0 Å². The highest BCUT2D eigenvalue weighted by molar-refractivity contribution is 7.99. The van der Waals surface area contributed by atoms with Crippen LogP contribution >= 0.6 is 11.8 Å². The SMILES string of the molecule is C=CCSc1n[nH]c(N/N=C(\C)c2ccccn2)n1. The van der Waals surface area contributed by atoms with Crippen LogP contribution in [0, 0.1) is 0 Å². The third-order valence-corrected chi connectivity index (χ3v) is 3.00. The Morgan fingerprint density at radius 2 is 2.47 bits per heavy atom.